The molecule has 1 amide bonds. The van der Waals surface area contributed by atoms with Crippen LogP contribution in [0.5, 0.6) is 0 Å². The van der Waals surface area contributed by atoms with Crippen molar-refractivity contribution in [3.63, 3.8) is 0 Å². The van der Waals surface area contributed by atoms with Gasteiger partial charge in [-0.15, -0.1) is 0 Å². The monoisotopic (exact) mass is 332 g/mol. The van der Waals surface area contributed by atoms with Gasteiger partial charge in [0.15, 0.2) is 15.0 Å². The number of carbonyl (C=O) groups is 1. The SMILES string of the molecule is CC(C)Nc1nc(N)c(C(=O)N2CCS(=O)(=O)CC2C)s1. The molecule has 2 rings (SSSR count). The zero-order valence-corrected chi connectivity index (χ0v) is 13.9. The van der Waals surface area contributed by atoms with Crippen LogP contribution in [0, 0.1) is 0 Å². The van der Waals surface area contributed by atoms with Crippen molar-refractivity contribution >= 4 is 38.0 Å². The molecule has 1 unspecified atom stereocenters. The molecule has 21 heavy (non-hydrogen) atoms. The number of hydrogen-bond acceptors (Lipinski definition) is 7. The fourth-order valence-electron chi connectivity index (χ4n) is 2.22. The summed E-state index contributed by atoms with van der Waals surface area (Å²) in [5.74, 6) is -0.0639. The number of rotatable bonds is 3. The average Bonchev–Trinajstić information content (AvgIpc) is 2.67. The van der Waals surface area contributed by atoms with Gasteiger partial charge in [-0.05, 0) is 20.8 Å². The number of sulfone groups is 1. The van der Waals surface area contributed by atoms with Crippen LogP contribution in [0.3, 0.4) is 0 Å². The quantitative estimate of drug-likeness (QED) is 0.848. The second kappa shape index (κ2) is 5.80. The topological polar surface area (TPSA) is 105 Å². The molecule has 1 aromatic heterocycles. The lowest BCUT2D eigenvalue weighted by molar-refractivity contribution is 0.0718. The van der Waals surface area contributed by atoms with Crippen molar-refractivity contribution in [3.8, 4) is 0 Å². The van der Waals surface area contributed by atoms with Gasteiger partial charge in [0.2, 0.25) is 0 Å². The summed E-state index contributed by atoms with van der Waals surface area (Å²) in [6.07, 6.45) is 0. The Hall–Kier alpha value is -1.35. The molecule has 1 aliphatic rings. The van der Waals surface area contributed by atoms with Crippen LogP contribution in [0.2, 0.25) is 0 Å². The molecule has 1 fully saturated rings. The zero-order valence-electron chi connectivity index (χ0n) is 12.3. The Labute approximate surface area is 128 Å². The van der Waals surface area contributed by atoms with Gasteiger partial charge in [0.25, 0.3) is 5.91 Å². The molecule has 0 aromatic carbocycles. The molecule has 0 saturated carbocycles. The minimum Gasteiger partial charge on any atom is -0.382 e. The molecule has 1 saturated heterocycles. The van der Waals surface area contributed by atoms with Crippen molar-refractivity contribution in [2.45, 2.75) is 32.9 Å². The fourth-order valence-corrected chi connectivity index (χ4v) is 4.77. The van der Waals surface area contributed by atoms with Crippen molar-refractivity contribution in [1.82, 2.24) is 9.88 Å². The molecule has 0 spiro atoms. The fraction of sp³-hybridized carbons (Fsp3) is 0.667. The van der Waals surface area contributed by atoms with Crippen LogP contribution >= 0.6 is 11.3 Å². The first-order valence-corrected chi connectivity index (χ1v) is 9.37. The Balaban J connectivity index is 2.19. The smallest absolute Gasteiger partial charge is 0.268 e. The highest BCUT2D eigenvalue weighted by atomic mass is 32.2. The summed E-state index contributed by atoms with van der Waals surface area (Å²) in [6.45, 7) is 5.87. The number of nitrogens with zero attached hydrogens (tertiary/aromatic N) is 2. The van der Waals surface area contributed by atoms with Gasteiger partial charge in [0.05, 0.1) is 11.5 Å². The van der Waals surface area contributed by atoms with Crippen molar-refractivity contribution < 1.29 is 13.2 Å². The zero-order chi connectivity index (χ0) is 15.8. The second-order valence-corrected chi connectivity index (χ2v) is 8.72. The first-order chi connectivity index (χ1) is 9.69. The van der Waals surface area contributed by atoms with E-state index in [4.69, 9.17) is 5.73 Å². The van der Waals surface area contributed by atoms with E-state index in [1.165, 1.54) is 11.3 Å². The van der Waals surface area contributed by atoms with Crippen molar-refractivity contribution in [1.29, 1.82) is 0 Å². The van der Waals surface area contributed by atoms with E-state index < -0.39 is 9.84 Å². The molecule has 2 heterocycles. The summed E-state index contributed by atoms with van der Waals surface area (Å²) < 4.78 is 23.2. The third-order valence-electron chi connectivity index (χ3n) is 3.19. The molecule has 118 valence electrons. The molecule has 1 aromatic rings. The van der Waals surface area contributed by atoms with E-state index in [-0.39, 0.29) is 41.9 Å². The van der Waals surface area contributed by atoms with Crippen molar-refractivity contribution in [2.24, 2.45) is 0 Å². The summed E-state index contributed by atoms with van der Waals surface area (Å²) in [5.41, 5.74) is 5.82. The molecule has 0 aliphatic carbocycles. The maximum absolute atomic E-state index is 12.5. The summed E-state index contributed by atoms with van der Waals surface area (Å²) in [4.78, 5) is 18.6. The highest BCUT2D eigenvalue weighted by Gasteiger charge is 2.33. The van der Waals surface area contributed by atoms with Gasteiger partial charge in [-0.3, -0.25) is 4.79 Å². The van der Waals surface area contributed by atoms with Gasteiger partial charge in [0, 0.05) is 18.6 Å². The van der Waals surface area contributed by atoms with Crippen LogP contribution in [-0.2, 0) is 9.84 Å². The first kappa shape index (κ1) is 16.0. The van der Waals surface area contributed by atoms with Crippen LogP contribution < -0.4 is 11.1 Å². The highest BCUT2D eigenvalue weighted by molar-refractivity contribution is 7.91. The van der Waals surface area contributed by atoms with E-state index in [1.54, 1.807) is 11.8 Å². The highest BCUT2D eigenvalue weighted by Crippen LogP contribution is 2.28. The molecule has 0 radical (unpaired) electrons. The maximum Gasteiger partial charge on any atom is 0.268 e. The van der Waals surface area contributed by atoms with Gasteiger partial charge >= 0.3 is 0 Å². The molecular formula is C12H20N4O3S2. The van der Waals surface area contributed by atoms with Gasteiger partial charge in [-0.25, -0.2) is 13.4 Å². The molecule has 1 aliphatic heterocycles. The second-order valence-electron chi connectivity index (χ2n) is 5.49. The number of amides is 1. The maximum atomic E-state index is 12.5. The first-order valence-electron chi connectivity index (χ1n) is 6.74. The van der Waals surface area contributed by atoms with Gasteiger partial charge in [-0.2, -0.15) is 0 Å². The van der Waals surface area contributed by atoms with Gasteiger partial charge < -0.3 is 16.0 Å². The van der Waals surface area contributed by atoms with E-state index in [1.807, 2.05) is 13.8 Å². The summed E-state index contributed by atoms with van der Waals surface area (Å²) in [6, 6.07) is -0.156. The largest absolute Gasteiger partial charge is 0.382 e. The number of anilines is 2. The minimum absolute atomic E-state index is 0.00110. The molecule has 3 N–H and O–H groups in total. The predicted molar refractivity (Wildman–Crippen MR) is 84.4 cm³/mol. The lowest BCUT2D eigenvalue weighted by Gasteiger charge is -2.32. The van der Waals surface area contributed by atoms with Crippen LogP contribution in [0.1, 0.15) is 30.4 Å². The van der Waals surface area contributed by atoms with Crippen LogP contribution in [0.15, 0.2) is 0 Å². The van der Waals surface area contributed by atoms with Gasteiger partial charge in [0.1, 0.15) is 10.7 Å². The number of nitrogen functional groups attached to an aromatic ring is 1. The molecule has 1 atom stereocenters. The average molecular weight is 332 g/mol. The molecular weight excluding hydrogens is 312 g/mol. The molecule has 7 nitrogen and oxygen atoms in total. The summed E-state index contributed by atoms with van der Waals surface area (Å²) >= 11 is 1.20. The van der Waals surface area contributed by atoms with E-state index >= 15 is 0 Å². The summed E-state index contributed by atoms with van der Waals surface area (Å²) in [7, 11) is -3.05. The van der Waals surface area contributed by atoms with Gasteiger partial charge in [-0.1, -0.05) is 11.3 Å². The summed E-state index contributed by atoms with van der Waals surface area (Å²) in [5, 5.41) is 3.71. The molecule has 0 bridgehead atoms. The predicted octanol–water partition coefficient (Wildman–Crippen LogP) is 0.805. The van der Waals surface area contributed by atoms with Crippen LogP contribution in [0.25, 0.3) is 0 Å². The standard InChI is InChI=1S/C12H20N4O3S2/c1-7(2)14-12-15-10(13)9(20-12)11(17)16-4-5-21(18,19)6-8(16)3/h7-8H,4-6,13H2,1-3H3,(H,14,15). The Morgan fingerprint density at radius 1 is 1.52 bits per heavy atom. The molecule has 9 heteroatoms. The number of hydrogen-bond donors (Lipinski definition) is 2. The Bertz CT molecular complexity index is 639. The number of aromatic nitrogens is 1. The Morgan fingerprint density at radius 2 is 2.19 bits per heavy atom. The lowest BCUT2D eigenvalue weighted by Crippen LogP contribution is -2.49. The van der Waals surface area contributed by atoms with E-state index in [9.17, 15) is 13.2 Å². The Kier molecular flexibility index (Phi) is 4.43. The number of nitrogens with one attached hydrogen (secondary N) is 1. The Morgan fingerprint density at radius 3 is 2.76 bits per heavy atom. The normalized spacial score (nSPS) is 21.5. The van der Waals surface area contributed by atoms with Crippen molar-refractivity contribution in [3.05, 3.63) is 4.88 Å². The van der Waals surface area contributed by atoms with E-state index in [0.717, 1.165) is 0 Å². The van der Waals surface area contributed by atoms with Crippen molar-refractivity contribution in [2.75, 3.05) is 29.1 Å². The van der Waals surface area contributed by atoms with Crippen LogP contribution in [0.4, 0.5) is 10.9 Å². The lowest BCUT2D eigenvalue weighted by atomic mass is 10.3. The minimum atomic E-state index is -3.05. The van der Waals surface area contributed by atoms with E-state index in [2.05, 4.69) is 10.3 Å². The number of carbonyl (C=O) groups excluding carboxylic acids is 1. The third kappa shape index (κ3) is 3.65. The third-order valence-corrected chi connectivity index (χ3v) is 5.98. The van der Waals surface area contributed by atoms with E-state index in [0.29, 0.717) is 10.0 Å². The number of nitrogens with two attached hydrogens (primary N) is 1. The van der Waals surface area contributed by atoms with Crippen LogP contribution in [-0.4, -0.2) is 54.3 Å². The number of thiazole rings is 1.